The molecular weight excluding hydrogens is 287 g/mol. The highest BCUT2D eigenvalue weighted by Crippen LogP contribution is 2.26. The maximum Gasteiger partial charge on any atom is 0.224 e. The zero-order chi connectivity index (χ0) is 14.5. The Morgan fingerprint density at radius 1 is 1.35 bits per heavy atom. The van der Waals surface area contributed by atoms with Crippen molar-refractivity contribution in [3.8, 4) is 11.6 Å². The molecule has 20 heavy (non-hydrogen) atoms. The number of nitrogens with one attached hydrogen (secondary N) is 1. The van der Waals surface area contributed by atoms with E-state index in [9.17, 15) is 4.39 Å². The maximum atomic E-state index is 13.1. The van der Waals surface area contributed by atoms with Crippen LogP contribution in [0, 0.1) is 5.82 Å². The predicted molar refractivity (Wildman–Crippen MR) is 72.0 cm³/mol. The molecule has 0 saturated carbocycles. The van der Waals surface area contributed by atoms with Crippen LogP contribution in [-0.2, 0) is 11.3 Å². The van der Waals surface area contributed by atoms with Crippen LogP contribution in [0.3, 0.4) is 0 Å². The maximum absolute atomic E-state index is 13.1. The van der Waals surface area contributed by atoms with Gasteiger partial charge in [-0.05, 0) is 12.1 Å². The van der Waals surface area contributed by atoms with Crippen molar-refractivity contribution in [3.63, 3.8) is 0 Å². The number of hydrogen-bond donors (Lipinski definition) is 2. The Bertz CT molecular complexity index is 612. The molecule has 2 rings (SSSR count). The van der Waals surface area contributed by atoms with Crippen molar-refractivity contribution in [3.05, 3.63) is 40.9 Å². The number of anilines is 1. The molecule has 6 nitrogen and oxygen atoms in total. The predicted octanol–water partition coefficient (Wildman–Crippen LogP) is 2.49. The van der Waals surface area contributed by atoms with Crippen LogP contribution in [0.2, 0.25) is 5.02 Å². The Kier molecular flexibility index (Phi) is 4.67. The zero-order valence-electron chi connectivity index (χ0n) is 10.6. The van der Waals surface area contributed by atoms with Crippen molar-refractivity contribution < 1.29 is 13.9 Å². The molecule has 8 heteroatoms. The second kappa shape index (κ2) is 6.47. The summed E-state index contributed by atoms with van der Waals surface area (Å²) in [6.45, 7) is 0.204. The van der Waals surface area contributed by atoms with Crippen LogP contribution in [0.5, 0.6) is 11.6 Å². The van der Waals surface area contributed by atoms with Crippen molar-refractivity contribution in [1.82, 2.24) is 9.97 Å². The molecule has 2 aromatic rings. The summed E-state index contributed by atoms with van der Waals surface area (Å²) in [5.74, 6) is 6.14. The van der Waals surface area contributed by atoms with Crippen molar-refractivity contribution >= 4 is 17.4 Å². The second-order valence-corrected chi connectivity index (χ2v) is 4.17. The molecule has 106 valence electrons. The van der Waals surface area contributed by atoms with Crippen molar-refractivity contribution in [2.45, 2.75) is 6.61 Å². The number of aromatic nitrogens is 2. The summed E-state index contributed by atoms with van der Waals surface area (Å²) < 4.78 is 23.5. The molecule has 1 heterocycles. The second-order valence-electron chi connectivity index (χ2n) is 3.76. The van der Waals surface area contributed by atoms with Crippen molar-refractivity contribution in [2.24, 2.45) is 5.84 Å². The van der Waals surface area contributed by atoms with Gasteiger partial charge < -0.3 is 14.9 Å². The number of hydrazine groups is 1. The van der Waals surface area contributed by atoms with Gasteiger partial charge in [-0.15, -0.1) is 0 Å². The molecule has 0 atom stereocenters. The van der Waals surface area contributed by atoms with Crippen LogP contribution in [0.25, 0.3) is 0 Å². The Hall–Kier alpha value is -1.96. The largest absolute Gasteiger partial charge is 0.439 e. The third kappa shape index (κ3) is 3.53. The quantitative estimate of drug-likeness (QED) is 0.652. The highest BCUT2D eigenvalue weighted by atomic mass is 35.5. The van der Waals surface area contributed by atoms with Gasteiger partial charge in [0.05, 0.1) is 5.02 Å². The van der Waals surface area contributed by atoms with E-state index in [1.54, 1.807) is 0 Å². The van der Waals surface area contributed by atoms with Crippen molar-refractivity contribution in [2.75, 3.05) is 12.5 Å². The molecule has 0 bridgehead atoms. The van der Waals surface area contributed by atoms with Gasteiger partial charge in [-0.1, -0.05) is 11.6 Å². The normalized spacial score (nSPS) is 10.4. The summed E-state index contributed by atoms with van der Waals surface area (Å²) in [6, 6.07) is 5.49. The standard InChI is InChI=1S/C12H12ClFN4O2/c1-19-6-11-16-10(18-15)5-12(17-11)20-7-2-3-9(14)8(13)4-7/h2-5H,6,15H2,1H3,(H,16,17,18). The summed E-state index contributed by atoms with van der Waals surface area (Å²) in [5, 5.41) is -0.0363. The summed E-state index contributed by atoms with van der Waals surface area (Å²) >= 11 is 5.68. The van der Waals surface area contributed by atoms with Crippen LogP contribution >= 0.6 is 11.6 Å². The molecule has 0 spiro atoms. The summed E-state index contributed by atoms with van der Waals surface area (Å²) in [7, 11) is 1.52. The van der Waals surface area contributed by atoms with Gasteiger partial charge in [-0.2, -0.15) is 4.98 Å². The fourth-order valence-electron chi connectivity index (χ4n) is 1.45. The van der Waals surface area contributed by atoms with Gasteiger partial charge in [-0.3, -0.25) is 0 Å². The Morgan fingerprint density at radius 3 is 2.80 bits per heavy atom. The minimum absolute atomic E-state index is 0.0363. The number of nitrogens with zero attached hydrogens (tertiary/aromatic N) is 2. The van der Waals surface area contributed by atoms with Crippen molar-refractivity contribution in [1.29, 1.82) is 0 Å². The molecule has 0 unspecified atom stereocenters. The molecule has 1 aromatic carbocycles. The smallest absolute Gasteiger partial charge is 0.224 e. The van der Waals surface area contributed by atoms with Crippen LogP contribution in [0.4, 0.5) is 10.2 Å². The summed E-state index contributed by atoms with van der Waals surface area (Å²) in [5.41, 5.74) is 2.40. The van der Waals surface area contributed by atoms with E-state index in [4.69, 9.17) is 26.9 Å². The molecular formula is C12H12ClFN4O2. The molecule has 0 saturated heterocycles. The topological polar surface area (TPSA) is 82.3 Å². The first-order valence-corrected chi connectivity index (χ1v) is 5.96. The van der Waals surface area contributed by atoms with E-state index in [2.05, 4.69) is 15.4 Å². The number of nitrogens with two attached hydrogens (primary N) is 1. The molecule has 1 aromatic heterocycles. The molecule has 3 N–H and O–H groups in total. The van der Waals surface area contributed by atoms with Crippen LogP contribution in [0.15, 0.2) is 24.3 Å². The van der Waals surface area contributed by atoms with Gasteiger partial charge in [-0.25, -0.2) is 15.2 Å². The van der Waals surface area contributed by atoms with E-state index in [-0.39, 0.29) is 17.5 Å². The summed E-state index contributed by atoms with van der Waals surface area (Å²) in [6.07, 6.45) is 0. The SMILES string of the molecule is COCc1nc(NN)cc(Oc2ccc(F)c(Cl)c2)n1. The average molecular weight is 299 g/mol. The number of nitrogen functional groups attached to an aromatic ring is 1. The lowest BCUT2D eigenvalue weighted by Gasteiger charge is -2.09. The molecule has 0 radical (unpaired) electrons. The fourth-order valence-corrected chi connectivity index (χ4v) is 1.62. The van der Waals surface area contributed by atoms with Crippen LogP contribution in [0.1, 0.15) is 5.82 Å². The van der Waals surface area contributed by atoms with Gasteiger partial charge >= 0.3 is 0 Å². The van der Waals surface area contributed by atoms with E-state index in [1.807, 2.05) is 0 Å². The first-order chi connectivity index (χ1) is 9.62. The van der Waals surface area contributed by atoms with Gasteiger partial charge in [0.25, 0.3) is 0 Å². The third-order valence-electron chi connectivity index (χ3n) is 2.28. The van der Waals surface area contributed by atoms with Gasteiger partial charge in [0.2, 0.25) is 5.88 Å². The monoisotopic (exact) mass is 298 g/mol. The third-order valence-corrected chi connectivity index (χ3v) is 2.57. The molecule has 0 aliphatic heterocycles. The first-order valence-electron chi connectivity index (χ1n) is 5.59. The van der Waals surface area contributed by atoms with E-state index < -0.39 is 5.82 Å². The lowest BCUT2D eigenvalue weighted by molar-refractivity contribution is 0.177. The fraction of sp³-hybridized carbons (Fsp3) is 0.167. The Balaban J connectivity index is 2.27. The van der Waals surface area contributed by atoms with E-state index >= 15 is 0 Å². The average Bonchev–Trinajstić information content (AvgIpc) is 2.43. The highest BCUT2D eigenvalue weighted by molar-refractivity contribution is 6.30. The van der Waals surface area contributed by atoms with Crippen LogP contribution in [-0.4, -0.2) is 17.1 Å². The Labute approximate surface area is 119 Å². The number of rotatable bonds is 5. The van der Waals surface area contributed by atoms with Gasteiger partial charge in [0.15, 0.2) is 5.82 Å². The first kappa shape index (κ1) is 14.4. The molecule has 0 aliphatic rings. The van der Waals surface area contributed by atoms with Crippen LogP contribution < -0.4 is 16.0 Å². The zero-order valence-corrected chi connectivity index (χ0v) is 11.3. The van der Waals surface area contributed by atoms with E-state index in [1.165, 1.54) is 31.4 Å². The lowest BCUT2D eigenvalue weighted by atomic mass is 10.3. The lowest BCUT2D eigenvalue weighted by Crippen LogP contribution is -2.11. The number of benzene rings is 1. The summed E-state index contributed by atoms with van der Waals surface area (Å²) in [4.78, 5) is 8.20. The minimum atomic E-state index is -0.522. The highest BCUT2D eigenvalue weighted by Gasteiger charge is 2.08. The van der Waals surface area contributed by atoms with E-state index in [0.717, 1.165) is 0 Å². The minimum Gasteiger partial charge on any atom is -0.439 e. The number of ether oxygens (including phenoxy) is 2. The molecule has 0 amide bonds. The number of hydrogen-bond acceptors (Lipinski definition) is 6. The van der Waals surface area contributed by atoms with Gasteiger partial charge in [0, 0.05) is 19.2 Å². The Morgan fingerprint density at radius 2 is 2.15 bits per heavy atom. The van der Waals surface area contributed by atoms with E-state index in [0.29, 0.717) is 17.4 Å². The number of methoxy groups -OCH3 is 1. The molecule has 0 aliphatic carbocycles. The van der Waals surface area contributed by atoms with Gasteiger partial charge in [0.1, 0.15) is 24.0 Å². The molecule has 0 fully saturated rings. The number of halogens is 2.